The quantitative estimate of drug-likeness (QED) is 0.826. The first kappa shape index (κ1) is 9.56. The van der Waals surface area contributed by atoms with Crippen molar-refractivity contribution in [3.63, 3.8) is 0 Å². The Bertz CT molecular complexity index is 436. The zero-order valence-electron chi connectivity index (χ0n) is 7.78. The van der Waals surface area contributed by atoms with Crippen LogP contribution < -0.4 is 0 Å². The minimum absolute atomic E-state index is 0.229. The van der Waals surface area contributed by atoms with Gasteiger partial charge in [0, 0.05) is 35.3 Å². The molecule has 1 N–H and O–H groups in total. The number of rotatable bonds is 3. The molecule has 0 unspecified atom stereocenters. The first-order valence-electron chi connectivity index (χ1n) is 4.66. The summed E-state index contributed by atoms with van der Waals surface area (Å²) in [5, 5.41) is 10.7. The number of aryl methyl sites for hydroxylation is 1. The number of fused-ring (bicyclic) bond motifs is 1. The second-order valence-electron chi connectivity index (χ2n) is 3.29. The van der Waals surface area contributed by atoms with Gasteiger partial charge in [0.2, 0.25) is 0 Å². The van der Waals surface area contributed by atoms with Gasteiger partial charge in [-0.15, -0.1) is 0 Å². The highest BCUT2D eigenvalue weighted by Crippen LogP contribution is 2.20. The summed E-state index contributed by atoms with van der Waals surface area (Å²) in [4.78, 5) is 0. The van der Waals surface area contributed by atoms with Crippen molar-refractivity contribution in [2.75, 3.05) is 6.61 Å². The van der Waals surface area contributed by atoms with Crippen molar-refractivity contribution in [1.29, 1.82) is 0 Å². The minimum atomic E-state index is 0.229. The van der Waals surface area contributed by atoms with Gasteiger partial charge in [0.15, 0.2) is 0 Å². The van der Waals surface area contributed by atoms with Crippen LogP contribution in [0.25, 0.3) is 10.9 Å². The number of nitrogens with zero attached hydrogens (tertiary/aromatic N) is 1. The lowest BCUT2D eigenvalue weighted by Crippen LogP contribution is -1.97. The number of aliphatic hydroxyl groups is 1. The Kier molecular flexibility index (Phi) is 2.75. The normalized spacial score (nSPS) is 11.0. The van der Waals surface area contributed by atoms with E-state index < -0.39 is 0 Å². The van der Waals surface area contributed by atoms with Crippen LogP contribution in [0.4, 0.5) is 0 Å². The van der Waals surface area contributed by atoms with Gasteiger partial charge in [0.1, 0.15) is 0 Å². The molecule has 0 aliphatic carbocycles. The summed E-state index contributed by atoms with van der Waals surface area (Å²) in [5.74, 6) is 0. The Morgan fingerprint density at radius 1 is 1.29 bits per heavy atom. The molecule has 1 aromatic heterocycles. The van der Waals surface area contributed by atoms with E-state index in [9.17, 15) is 0 Å². The van der Waals surface area contributed by atoms with E-state index in [0.29, 0.717) is 0 Å². The highest BCUT2D eigenvalue weighted by atomic mass is 35.5. The molecule has 0 radical (unpaired) electrons. The Hall–Kier alpha value is -0.990. The maximum Gasteiger partial charge on any atom is 0.0481 e. The van der Waals surface area contributed by atoms with Gasteiger partial charge < -0.3 is 9.67 Å². The molecule has 1 aromatic carbocycles. The molecule has 74 valence electrons. The summed E-state index contributed by atoms with van der Waals surface area (Å²) in [6, 6.07) is 7.89. The second-order valence-corrected chi connectivity index (χ2v) is 3.73. The average molecular weight is 210 g/mol. The molecule has 1 heterocycles. The van der Waals surface area contributed by atoms with Crippen molar-refractivity contribution in [2.24, 2.45) is 0 Å². The largest absolute Gasteiger partial charge is 0.396 e. The minimum Gasteiger partial charge on any atom is -0.396 e. The molecule has 14 heavy (non-hydrogen) atoms. The van der Waals surface area contributed by atoms with E-state index in [1.54, 1.807) is 0 Å². The van der Waals surface area contributed by atoms with E-state index in [1.165, 1.54) is 5.52 Å². The Labute approximate surface area is 87.7 Å². The maximum absolute atomic E-state index is 8.75. The molecule has 0 spiro atoms. The van der Waals surface area contributed by atoms with Crippen LogP contribution in [0.15, 0.2) is 30.5 Å². The summed E-state index contributed by atoms with van der Waals surface area (Å²) in [6.45, 7) is 1.08. The van der Waals surface area contributed by atoms with Gasteiger partial charge in [-0.2, -0.15) is 0 Å². The summed E-state index contributed by atoms with van der Waals surface area (Å²) in [6.07, 6.45) is 2.81. The third kappa shape index (κ3) is 1.76. The van der Waals surface area contributed by atoms with Crippen molar-refractivity contribution < 1.29 is 5.11 Å². The van der Waals surface area contributed by atoms with Crippen LogP contribution in [0.1, 0.15) is 6.42 Å². The third-order valence-corrected chi connectivity index (χ3v) is 2.53. The molecule has 0 saturated heterocycles. The number of hydrogen-bond acceptors (Lipinski definition) is 1. The van der Waals surface area contributed by atoms with Crippen molar-refractivity contribution in [3.8, 4) is 0 Å². The van der Waals surface area contributed by atoms with E-state index >= 15 is 0 Å². The van der Waals surface area contributed by atoms with Crippen LogP contribution in [0.5, 0.6) is 0 Å². The topological polar surface area (TPSA) is 25.2 Å². The van der Waals surface area contributed by atoms with Gasteiger partial charge in [-0.3, -0.25) is 0 Å². The van der Waals surface area contributed by atoms with Crippen LogP contribution in [-0.2, 0) is 6.54 Å². The molecular weight excluding hydrogens is 198 g/mol. The van der Waals surface area contributed by atoms with Gasteiger partial charge in [0.05, 0.1) is 0 Å². The SMILES string of the molecule is OCCCn1ccc2cc(Cl)ccc21. The molecule has 0 aliphatic heterocycles. The smallest absolute Gasteiger partial charge is 0.0481 e. The fourth-order valence-electron chi connectivity index (χ4n) is 1.61. The van der Waals surface area contributed by atoms with E-state index in [0.717, 1.165) is 23.4 Å². The van der Waals surface area contributed by atoms with E-state index in [4.69, 9.17) is 16.7 Å². The van der Waals surface area contributed by atoms with Crippen molar-refractivity contribution >= 4 is 22.5 Å². The fraction of sp³-hybridized carbons (Fsp3) is 0.273. The number of hydrogen-bond donors (Lipinski definition) is 1. The predicted octanol–water partition coefficient (Wildman–Crippen LogP) is 2.68. The average Bonchev–Trinajstić information content (AvgIpc) is 2.57. The van der Waals surface area contributed by atoms with Crippen LogP contribution in [0, 0.1) is 0 Å². The third-order valence-electron chi connectivity index (χ3n) is 2.29. The lowest BCUT2D eigenvalue weighted by molar-refractivity contribution is 0.280. The maximum atomic E-state index is 8.75. The lowest BCUT2D eigenvalue weighted by Gasteiger charge is -2.03. The molecule has 2 nitrogen and oxygen atoms in total. The Balaban J connectivity index is 2.37. The number of benzene rings is 1. The Morgan fingerprint density at radius 3 is 2.93 bits per heavy atom. The van der Waals surface area contributed by atoms with Crippen LogP contribution in [-0.4, -0.2) is 16.3 Å². The fourth-order valence-corrected chi connectivity index (χ4v) is 1.79. The molecule has 0 bridgehead atoms. The van der Waals surface area contributed by atoms with Crippen molar-refractivity contribution in [3.05, 3.63) is 35.5 Å². The van der Waals surface area contributed by atoms with Gasteiger partial charge >= 0.3 is 0 Å². The monoisotopic (exact) mass is 209 g/mol. The summed E-state index contributed by atoms with van der Waals surface area (Å²) in [7, 11) is 0. The van der Waals surface area contributed by atoms with Gasteiger partial charge in [-0.05, 0) is 30.7 Å². The highest BCUT2D eigenvalue weighted by Gasteiger charge is 2.00. The Morgan fingerprint density at radius 2 is 2.14 bits per heavy atom. The molecule has 0 amide bonds. The van der Waals surface area contributed by atoms with Gasteiger partial charge in [0.25, 0.3) is 0 Å². The standard InChI is InChI=1S/C11H12ClNO/c12-10-2-3-11-9(8-10)4-6-13(11)5-1-7-14/h2-4,6,8,14H,1,5,7H2. The molecule has 2 aromatic rings. The molecule has 3 heteroatoms. The first-order valence-corrected chi connectivity index (χ1v) is 5.04. The molecule has 0 saturated carbocycles. The second kappa shape index (κ2) is 4.03. The summed E-state index contributed by atoms with van der Waals surface area (Å²) >= 11 is 5.88. The molecule has 0 atom stereocenters. The van der Waals surface area contributed by atoms with Crippen LogP contribution in [0.3, 0.4) is 0 Å². The summed E-state index contributed by atoms with van der Waals surface area (Å²) < 4.78 is 2.13. The molecule has 0 fully saturated rings. The van der Waals surface area contributed by atoms with Gasteiger partial charge in [-0.25, -0.2) is 0 Å². The van der Waals surface area contributed by atoms with Crippen molar-refractivity contribution in [1.82, 2.24) is 4.57 Å². The lowest BCUT2D eigenvalue weighted by atomic mass is 10.2. The van der Waals surface area contributed by atoms with Gasteiger partial charge in [-0.1, -0.05) is 11.6 Å². The molecule has 0 aliphatic rings. The predicted molar refractivity (Wildman–Crippen MR) is 58.7 cm³/mol. The number of aliphatic hydroxyl groups excluding tert-OH is 1. The number of halogens is 1. The van der Waals surface area contributed by atoms with E-state index in [1.807, 2.05) is 30.5 Å². The van der Waals surface area contributed by atoms with Crippen LogP contribution >= 0.6 is 11.6 Å². The van der Waals surface area contributed by atoms with Crippen LogP contribution in [0.2, 0.25) is 5.02 Å². The number of aromatic nitrogens is 1. The zero-order chi connectivity index (χ0) is 9.97. The molecule has 2 rings (SSSR count). The molecular formula is C11H12ClNO. The van der Waals surface area contributed by atoms with Crippen molar-refractivity contribution in [2.45, 2.75) is 13.0 Å². The zero-order valence-corrected chi connectivity index (χ0v) is 8.54. The summed E-state index contributed by atoms with van der Waals surface area (Å²) in [5.41, 5.74) is 1.17. The first-order chi connectivity index (χ1) is 6.81. The van der Waals surface area contributed by atoms with E-state index in [2.05, 4.69) is 4.57 Å². The highest BCUT2D eigenvalue weighted by molar-refractivity contribution is 6.31. The van der Waals surface area contributed by atoms with E-state index in [-0.39, 0.29) is 6.61 Å².